The van der Waals surface area contributed by atoms with Gasteiger partial charge in [-0.2, -0.15) is 0 Å². The van der Waals surface area contributed by atoms with Crippen molar-refractivity contribution in [1.29, 1.82) is 0 Å². The molecule has 0 spiro atoms. The van der Waals surface area contributed by atoms with Gasteiger partial charge in [-0.15, -0.1) is 0 Å². The van der Waals surface area contributed by atoms with E-state index in [-0.39, 0.29) is 12.4 Å². The van der Waals surface area contributed by atoms with Gasteiger partial charge in [0.05, 0.1) is 0 Å². The molecular weight excluding hydrogens is 315 g/mol. The molecular formula is C18H20ClFN2O. The molecule has 2 N–H and O–H groups in total. The van der Waals surface area contributed by atoms with E-state index < -0.39 is 0 Å². The van der Waals surface area contributed by atoms with E-state index in [9.17, 15) is 4.39 Å². The molecule has 2 aromatic rings. The smallest absolute Gasteiger partial charge is 0.213 e. The van der Waals surface area contributed by atoms with E-state index in [1.165, 1.54) is 6.07 Å². The molecule has 3 rings (SSSR count). The van der Waals surface area contributed by atoms with E-state index in [0.717, 1.165) is 31.4 Å². The van der Waals surface area contributed by atoms with Gasteiger partial charge in [0.1, 0.15) is 12.4 Å². The quantitative estimate of drug-likeness (QED) is 0.899. The molecule has 1 saturated carbocycles. The van der Waals surface area contributed by atoms with Crippen LogP contribution in [0.4, 0.5) is 4.39 Å². The Bertz CT molecular complexity index is 672. The highest BCUT2D eigenvalue weighted by molar-refractivity contribution is 6.30. The molecule has 122 valence electrons. The number of benzene rings is 1. The number of nitrogens with two attached hydrogens (primary N) is 1. The van der Waals surface area contributed by atoms with Crippen LogP contribution in [0, 0.1) is 5.82 Å². The molecule has 1 aromatic carbocycles. The third-order valence-electron chi connectivity index (χ3n) is 4.33. The average Bonchev–Trinajstić information content (AvgIpc) is 2.55. The molecule has 1 fully saturated rings. The summed E-state index contributed by atoms with van der Waals surface area (Å²) in [6.07, 6.45) is 4.19. The van der Waals surface area contributed by atoms with Gasteiger partial charge in [-0.25, -0.2) is 9.37 Å². The number of halogens is 2. The topological polar surface area (TPSA) is 48.1 Å². The molecule has 0 unspecified atom stereocenters. The number of hydrogen-bond acceptors (Lipinski definition) is 3. The maximum absolute atomic E-state index is 13.8. The summed E-state index contributed by atoms with van der Waals surface area (Å²) in [4.78, 5) is 4.57. The largest absolute Gasteiger partial charge is 0.473 e. The van der Waals surface area contributed by atoms with Crippen molar-refractivity contribution in [3.63, 3.8) is 0 Å². The van der Waals surface area contributed by atoms with Crippen molar-refractivity contribution in [3.05, 3.63) is 58.5 Å². The van der Waals surface area contributed by atoms with Crippen molar-refractivity contribution in [3.8, 4) is 5.88 Å². The zero-order valence-electron chi connectivity index (χ0n) is 12.8. The Morgan fingerprint density at radius 1 is 1.17 bits per heavy atom. The highest BCUT2D eigenvalue weighted by Gasteiger charge is 2.21. The predicted octanol–water partition coefficient (Wildman–Crippen LogP) is 4.44. The molecule has 0 aliphatic heterocycles. The van der Waals surface area contributed by atoms with Crippen LogP contribution in [-0.4, -0.2) is 11.0 Å². The Morgan fingerprint density at radius 2 is 1.96 bits per heavy atom. The number of aromatic nitrogens is 1. The first-order valence-electron chi connectivity index (χ1n) is 7.91. The number of pyridine rings is 1. The second-order valence-corrected chi connectivity index (χ2v) is 6.47. The van der Waals surface area contributed by atoms with Crippen molar-refractivity contribution in [2.75, 3.05) is 0 Å². The van der Waals surface area contributed by atoms with Crippen LogP contribution < -0.4 is 10.5 Å². The lowest BCUT2D eigenvalue weighted by atomic mass is 9.84. The summed E-state index contributed by atoms with van der Waals surface area (Å²) in [6.45, 7) is 0.134. The van der Waals surface area contributed by atoms with Crippen LogP contribution in [0.1, 0.15) is 42.9 Å². The minimum absolute atomic E-state index is 0.134. The van der Waals surface area contributed by atoms with Gasteiger partial charge in [0.2, 0.25) is 5.88 Å². The van der Waals surface area contributed by atoms with Gasteiger partial charge in [0, 0.05) is 34.3 Å². The monoisotopic (exact) mass is 334 g/mol. The summed E-state index contributed by atoms with van der Waals surface area (Å²) in [5.74, 6) is 0.590. The molecule has 1 aromatic heterocycles. The summed E-state index contributed by atoms with van der Waals surface area (Å²) in [6, 6.07) is 10.6. The fourth-order valence-electron chi connectivity index (χ4n) is 2.94. The molecule has 23 heavy (non-hydrogen) atoms. The Labute approximate surface area is 140 Å². The fraction of sp³-hybridized carbons (Fsp3) is 0.389. The van der Waals surface area contributed by atoms with Gasteiger partial charge in [0.15, 0.2) is 0 Å². The van der Waals surface area contributed by atoms with E-state index in [0.29, 0.717) is 28.4 Å². The van der Waals surface area contributed by atoms with Gasteiger partial charge in [0.25, 0.3) is 0 Å². The number of nitrogens with zero attached hydrogens (tertiary/aromatic N) is 1. The Hall–Kier alpha value is -1.65. The first kappa shape index (κ1) is 16.2. The van der Waals surface area contributed by atoms with Crippen molar-refractivity contribution in [2.24, 2.45) is 5.73 Å². The normalized spacial score (nSPS) is 21.2. The lowest BCUT2D eigenvalue weighted by Gasteiger charge is -2.25. The molecule has 0 bridgehead atoms. The third-order valence-corrected chi connectivity index (χ3v) is 4.56. The van der Waals surface area contributed by atoms with Crippen LogP contribution in [0.25, 0.3) is 0 Å². The van der Waals surface area contributed by atoms with E-state index in [1.54, 1.807) is 18.2 Å². The van der Waals surface area contributed by atoms with Crippen molar-refractivity contribution < 1.29 is 9.13 Å². The summed E-state index contributed by atoms with van der Waals surface area (Å²) in [5.41, 5.74) is 7.45. The molecule has 0 amide bonds. The van der Waals surface area contributed by atoms with Gasteiger partial charge in [-0.3, -0.25) is 0 Å². The van der Waals surface area contributed by atoms with Crippen molar-refractivity contribution >= 4 is 11.6 Å². The van der Waals surface area contributed by atoms with Crippen LogP contribution >= 0.6 is 11.6 Å². The van der Waals surface area contributed by atoms with Crippen LogP contribution in [-0.2, 0) is 6.61 Å². The molecule has 1 aliphatic carbocycles. The van der Waals surface area contributed by atoms with Crippen LogP contribution in [0.15, 0.2) is 36.4 Å². The number of hydrogen-bond donors (Lipinski definition) is 1. The van der Waals surface area contributed by atoms with Gasteiger partial charge in [-0.1, -0.05) is 23.7 Å². The molecule has 1 aliphatic rings. The lowest BCUT2D eigenvalue weighted by Crippen LogP contribution is -2.26. The van der Waals surface area contributed by atoms with Gasteiger partial charge in [-0.05, 0) is 43.9 Å². The molecule has 0 radical (unpaired) electrons. The second kappa shape index (κ2) is 7.28. The highest BCUT2D eigenvalue weighted by atomic mass is 35.5. The number of rotatable bonds is 4. The number of ether oxygens (including phenoxy) is 1. The third kappa shape index (κ3) is 4.21. The van der Waals surface area contributed by atoms with E-state index >= 15 is 0 Å². The van der Waals surface area contributed by atoms with E-state index in [4.69, 9.17) is 22.1 Å². The Balaban J connectivity index is 1.65. The Morgan fingerprint density at radius 3 is 2.70 bits per heavy atom. The lowest BCUT2D eigenvalue weighted by molar-refractivity contribution is 0.285. The summed E-state index contributed by atoms with van der Waals surface area (Å²) in [7, 11) is 0. The predicted molar refractivity (Wildman–Crippen MR) is 89.2 cm³/mol. The summed E-state index contributed by atoms with van der Waals surface area (Å²) < 4.78 is 19.4. The minimum atomic E-state index is -0.366. The SMILES string of the molecule is NC1CCC(c2cccc(OCc3ccc(Cl)cc3F)n2)CC1. The first-order valence-corrected chi connectivity index (χ1v) is 8.29. The van der Waals surface area contributed by atoms with Crippen LogP contribution in [0.2, 0.25) is 5.02 Å². The van der Waals surface area contributed by atoms with E-state index in [2.05, 4.69) is 4.98 Å². The molecule has 1 heterocycles. The summed E-state index contributed by atoms with van der Waals surface area (Å²) >= 11 is 5.75. The average molecular weight is 335 g/mol. The van der Waals surface area contributed by atoms with E-state index in [1.807, 2.05) is 12.1 Å². The molecule has 5 heteroatoms. The standard InChI is InChI=1S/C18H20ClFN2O/c19-14-7-4-13(16(20)10-14)11-23-18-3-1-2-17(22-18)12-5-8-15(21)9-6-12/h1-4,7,10,12,15H,5-6,8-9,11,21H2. The minimum Gasteiger partial charge on any atom is -0.473 e. The van der Waals surface area contributed by atoms with Crippen LogP contribution in [0.5, 0.6) is 5.88 Å². The molecule has 0 atom stereocenters. The van der Waals surface area contributed by atoms with Crippen LogP contribution in [0.3, 0.4) is 0 Å². The second-order valence-electron chi connectivity index (χ2n) is 6.04. The highest BCUT2D eigenvalue weighted by Crippen LogP contribution is 2.32. The zero-order chi connectivity index (χ0) is 16.2. The Kier molecular flexibility index (Phi) is 5.13. The molecule has 3 nitrogen and oxygen atoms in total. The summed E-state index contributed by atoms with van der Waals surface area (Å²) in [5, 5.41) is 0.377. The fourth-order valence-corrected chi connectivity index (χ4v) is 3.10. The maximum Gasteiger partial charge on any atom is 0.213 e. The van der Waals surface area contributed by atoms with Gasteiger partial charge < -0.3 is 10.5 Å². The molecule has 0 saturated heterocycles. The van der Waals surface area contributed by atoms with Gasteiger partial charge >= 0.3 is 0 Å². The van der Waals surface area contributed by atoms with Crippen molar-refractivity contribution in [1.82, 2.24) is 4.98 Å². The first-order chi connectivity index (χ1) is 11.1. The zero-order valence-corrected chi connectivity index (χ0v) is 13.6. The van der Waals surface area contributed by atoms with Crippen molar-refractivity contribution in [2.45, 2.75) is 44.2 Å². The maximum atomic E-state index is 13.8.